The van der Waals surface area contributed by atoms with Crippen molar-refractivity contribution in [1.82, 2.24) is 24.7 Å². The molecule has 1 aromatic carbocycles. The van der Waals surface area contributed by atoms with Crippen LogP contribution >= 0.6 is 0 Å². The van der Waals surface area contributed by atoms with Crippen LogP contribution in [0.1, 0.15) is 36.8 Å². The molecule has 1 N–H and O–H groups in total. The van der Waals surface area contributed by atoms with Crippen molar-refractivity contribution in [3.05, 3.63) is 42.0 Å². The van der Waals surface area contributed by atoms with E-state index >= 15 is 0 Å². The zero-order chi connectivity index (χ0) is 15.8. The number of fused-ring (bicyclic) bond motifs is 1. The zero-order valence-electron chi connectivity index (χ0n) is 12.8. The predicted molar refractivity (Wildman–Crippen MR) is 84.4 cm³/mol. The topological polar surface area (TPSA) is 68.5 Å². The van der Waals surface area contributed by atoms with Crippen molar-refractivity contribution in [2.75, 3.05) is 5.32 Å². The molecule has 2 aromatic heterocycles. The Labute approximate surface area is 132 Å². The first-order valence-electron chi connectivity index (χ1n) is 7.75. The van der Waals surface area contributed by atoms with Gasteiger partial charge in [-0.1, -0.05) is 12.5 Å². The van der Waals surface area contributed by atoms with Gasteiger partial charge in [0.2, 0.25) is 0 Å². The van der Waals surface area contributed by atoms with Crippen molar-refractivity contribution in [1.29, 1.82) is 0 Å². The van der Waals surface area contributed by atoms with Gasteiger partial charge in [-0.05, 0) is 25.0 Å². The Morgan fingerprint density at radius 1 is 1.26 bits per heavy atom. The Kier molecular flexibility index (Phi) is 3.40. The Morgan fingerprint density at radius 3 is 2.91 bits per heavy atom. The molecule has 3 aromatic rings. The smallest absolute Gasteiger partial charge is 0.152 e. The highest BCUT2D eigenvalue weighted by molar-refractivity contribution is 5.89. The number of benzene rings is 1. The van der Waals surface area contributed by atoms with Crippen LogP contribution in [-0.4, -0.2) is 24.7 Å². The fourth-order valence-electron chi connectivity index (χ4n) is 2.91. The van der Waals surface area contributed by atoms with Gasteiger partial charge >= 0.3 is 0 Å². The fraction of sp³-hybridized carbons (Fsp3) is 0.375. The van der Waals surface area contributed by atoms with E-state index in [4.69, 9.17) is 0 Å². The number of aromatic nitrogens is 5. The van der Waals surface area contributed by atoms with Gasteiger partial charge in [0.15, 0.2) is 5.82 Å². The monoisotopic (exact) mass is 312 g/mol. The van der Waals surface area contributed by atoms with Crippen LogP contribution in [0.5, 0.6) is 0 Å². The lowest BCUT2D eigenvalue weighted by Crippen LogP contribution is -2.15. The molecule has 1 saturated carbocycles. The molecule has 0 aliphatic heterocycles. The highest BCUT2D eigenvalue weighted by Crippen LogP contribution is 2.35. The minimum atomic E-state index is -0.348. The maximum Gasteiger partial charge on any atom is 0.152 e. The molecule has 0 amide bonds. The predicted octanol–water partition coefficient (Wildman–Crippen LogP) is 2.78. The zero-order valence-corrected chi connectivity index (χ0v) is 12.8. The Balaban J connectivity index is 1.58. The van der Waals surface area contributed by atoms with Crippen LogP contribution in [0.15, 0.2) is 24.5 Å². The minimum Gasteiger partial charge on any atom is -0.362 e. The summed E-state index contributed by atoms with van der Waals surface area (Å²) in [6, 6.07) is 4.85. The van der Waals surface area contributed by atoms with Gasteiger partial charge in [-0.15, -0.1) is 10.2 Å². The van der Waals surface area contributed by atoms with Crippen LogP contribution in [0.2, 0.25) is 0 Å². The molecule has 0 saturated heterocycles. The molecular formula is C16H17FN6. The molecule has 7 heteroatoms. The third kappa shape index (κ3) is 2.42. The summed E-state index contributed by atoms with van der Waals surface area (Å²) in [5.41, 5.74) is 0.318. The molecule has 1 fully saturated rings. The number of halogens is 1. The summed E-state index contributed by atoms with van der Waals surface area (Å²) < 4.78 is 15.8. The van der Waals surface area contributed by atoms with Gasteiger partial charge in [0, 0.05) is 18.4 Å². The van der Waals surface area contributed by atoms with Crippen molar-refractivity contribution >= 4 is 16.7 Å². The minimum absolute atomic E-state index is 0.318. The molecule has 118 valence electrons. The number of hydrogen-bond acceptors (Lipinski definition) is 5. The fourth-order valence-corrected chi connectivity index (χ4v) is 2.91. The molecule has 0 atom stereocenters. The van der Waals surface area contributed by atoms with Gasteiger partial charge in [-0.3, -0.25) is 0 Å². The standard InChI is InChI=1S/C16H17FN6/c1-23-13(21-22-16(23)10-4-2-5-10)8-18-15-11-6-3-7-12(17)14(11)19-9-20-15/h3,6-7,9-10H,2,4-5,8H2,1H3,(H,18,19,20). The van der Waals surface area contributed by atoms with Crippen LogP contribution in [0, 0.1) is 5.82 Å². The van der Waals surface area contributed by atoms with Crippen molar-refractivity contribution in [2.24, 2.45) is 7.05 Å². The van der Waals surface area contributed by atoms with E-state index in [2.05, 4.69) is 25.5 Å². The molecule has 1 aliphatic rings. The number of hydrogen-bond donors (Lipinski definition) is 1. The largest absolute Gasteiger partial charge is 0.362 e. The SMILES string of the molecule is Cn1c(CNc2ncnc3c(F)cccc23)nnc1C1CCC1. The van der Waals surface area contributed by atoms with Crippen LogP contribution in [-0.2, 0) is 13.6 Å². The molecule has 2 heterocycles. The van der Waals surface area contributed by atoms with E-state index in [0.717, 1.165) is 11.6 Å². The lowest BCUT2D eigenvalue weighted by atomic mass is 9.85. The summed E-state index contributed by atoms with van der Waals surface area (Å²) in [6.45, 7) is 0.485. The first kappa shape index (κ1) is 14.0. The highest BCUT2D eigenvalue weighted by Gasteiger charge is 2.25. The third-order valence-corrected chi connectivity index (χ3v) is 4.50. The van der Waals surface area contributed by atoms with Gasteiger partial charge in [0.1, 0.15) is 29.3 Å². The molecule has 0 bridgehead atoms. The Bertz CT molecular complexity index is 855. The molecule has 0 unspecified atom stereocenters. The van der Waals surface area contributed by atoms with Crippen LogP contribution in [0.3, 0.4) is 0 Å². The summed E-state index contributed by atoms with van der Waals surface area (Å²) in [5.74, 6) is 2.68. The summed E-state index contributed by atoms with van der Waals surface area (Å²) in [4.78, 5) is 8.22. The summed E-state index contributed by atoms with van der Waals surface area (Å²) in [6.07, 6.45) is 5.01. The number of nitrogens with one attached hydrogen (secondary N) is 1. The number of para-hydroxylation sites is 1. The van der Waals surface area contributed by atoms with Crippen molar-refractivity contribution < 1.29 is 4.39 Å². The molecule has 1 aliphatic carbocycles. The molecule has 23 heavy (non-hydrogen) atoms. The van der Waals surface area contributed by atoms with E-state index in [-0.39, 0.29) is 5.82 Å². The quantitative estimate of drug-likeness (QED) is 0.802. The van der Waals surface area contributed by atoms with Crippen LogP contribution in [0.4, 0.5) is 10.2 Å². The van der Waals surface area contributed by atoms with Crippen molar-refractivity contribution in [2.45, 2.75) is 31.7 Å². The molecule has 0 spiro atoms. The van der Waals surface area contributed by atoms with E-state index in [0.29, 0.717) is 29.2 Å². The number of rotatable bonds is 4. The molecule has 0 radical (unpaired) electrons. The average molecular weight is 312 g/mol. The first-order chi connectivity index (χ1) is 11.2. The van der Waals surface area contributed by atoms with E-state index in [1.165, 1.54) is 31.7 Å². The molecule has 4 rings (SSSR count). The number of nitrogens with zero attached hydrogens (tertiary/aromatic N) is 5. The van der Waals surface area contributed by atoms with E-state index in [1.807, 2.05) is 11.6 Å². The van der Waals surface area contributed by atoms with Gasteiger partial charge in [0.25, 0.3) is 0 Å². The van der Waals surface area contributed by atoms with Crippen molar-refractivity contribution in [3.63, 3.8) is 0 Å². The van der Waals surface area contributed by atoms with Gasteiger partial charge in [-0.2, -0.15) is 0 Å². The Morgan fingerprint density at radius 2 is 2.13 bits per heavy atom. The maximum absolute atomic E-state index is 13.8. The third-order valence-electron chi connectivity index (χ3n) is 4.50. The number of anilines is 1. The van der Waals surface area contributed by atoms with Gasteiger partial charge in [-0.25, -0.2) is 14.4 Å². The second-order valence-electron chi connectivity index (χ2n) is 5.87. The maximum atomic E-state index is 13.8. The Hall–Kier alpha value is -2.57. The van der Waals surface area contributed by atoms with E-state index in [1.54, 1.807) is 12.1 Å². The van der Waals surface area contributed by atoms with Crippen LogP contribution < -0.4 is 5.32 Å². The summed E-state index contributed by atoms with van der Waals surface area (Å²) >= 11 is 0. The van der Waals surface area contributed by atoms with Crippen molar-refractivity contribution in [3.8, 4) is 0 Å². The van der Waals surface area contributed by atoms with Crippen LogP contribution in [0.25, 0.3) is 10.9 Å². The van der Waals surface area contributed by atoms with E-state index < -0.39 is 0 Å². The second kappa shape index (κ2) is 5.57. The second-order valence-corrected chi connectivity index (χ2v) is 5.87. The molecule has 6 nitrogen and oxygen atoms in total. The lowest BCUT2D eigenvalue weighted by Gasteiger charge is -2.24. The molecular weight excluding hydrogens is 295 g/mol. The van der Waals surface area contributed by atoms with E-state index in [9.17, 15) is 4.39 Å². The van der Waals surface area contributed by atoms with Gasteiger partial charge in [0.05, 0.1) is 6.54 Å². The lowest BCUT2D eigenvalue weighted by molar-refractivity contribution is 0.391. The van der Waals surface area contributed by atoms with Gasteiger partial charge < -0.3 is 9.88 Å². The first-order valence-corrected chi connectivity index (χ1v) is 7.75. The average Bonchev–Trinajstić information content (AvgIpc) is 2.85. The normalized spacial score (nSPS) is 14.9. The summed E-state index contributed by atoms with van der Waals surface area (Å²) in [5, 5.41) is 12.5. The highest BCUT2D eigenvalue weighted by atomic mass is 19.1. The summed E-state index contributed by atoms with van der Waals surface area (Å²) in [7, 11) is 1.99.